The Labute approximate surface area is 116 Å². The third-order valence-electron chi connectivity index (χ3n) is 3.13. The summed E-state index contributed by atoms with van der Waals surface area (Å²) in [4.78, 5) is 0. The maximum absolute atomic E-state index is 13.7. The number of rotatable bonds is 5. The quantitative estimate of drug-likeness (QED) is 0.653. The Kier molecular flexibility index (Phi) is 4.65. The van der Waals surface area contributed by atoms with Crippen LogP contribution in [-0.2, 0) is 6.42 Å². The van der Waals surface area contributed by atoms with Crippen molar-refractivity contribution in [2.24, 2.45) is 5.84 Å². The summed E-state index contributed by atoms with van der Waals surface area (Å²) >= 11 is 0. The first-order valence-corrected chi connectivity index (χ1v) is 6.18. The van der Waals surface area contributed by atoms with Gasteiger partial charge in [0.15, 0.2) is 0 Å². The molecule has 20 heavy (non-hydrogen) atoms. The lowest BCUT2D eigenvalue weighted by Gasteiger charge is -2.17. The van der Waals surface area contributed by atoms with Crippen molar-refractivity contribution in [2.75, 3.05) is 7.11 Å². The molecule has 0 saturated carbocycles. The van der Waals surface area contributed by atoms with E-state index in [9.17, 15) is 8.78 Å². The van der Waals surface area contributed by atoms with E-state index in [1.807, 2.05) is 18.2 Å². The number of nitrogens with one attached hydrogen (secondary N) is 1. The summed E-state index contributed by atoms with van der Waals surface area (Å²) < 4.78 is 32.0. The van der Waals surface area contributed by atoms with Crippen molar-refractivity contribution in [3.63, 3.8) is 0 Å². The van der Waals surface area contributed by atoms with Gasteiger partial charge in [-0.05, 0) is 47.9 Å². The van der Waals surface area contributed by atoms with Crippen LogP contribution < -0.4 is 16.0 Å². The van der Waals surface area contributed by atoms with Crippen molar-refractivity contribution in [2.45, 2.75) is 12.5 Å². The van der Waals surface area contributed by atoms with Gasteiger partial charge in [0.05, 0.1) is 13.2 Å². The molecule has 3 nitrogen and oxygen atoms in total. The second-order valence-electron chi connectivity index (χ2n) is 4.44. The lowest BCUT2D eigenvalue weighted by atomic mass is 9.99. The lowest BCUT2D eigenvalue weighted by molar-refractivity contribution is 0.413. The highest BCUT2D eigenvalue weighted by molar-refractivity contribution is 5.32. The molecule has 0 aromatic heterocycles. The number of hydrogen-bond acceptors (Lipinski definition) is 3. The molecule has 1 unspecified atom stereocenters. The van der Waals surface area contributed by atoms with Crippen LogP contribution in [0.2, 0.25) is 0 Å². The zero-order chi connectivity index (χ0) is 14.5. The van der Waals surface area contributed by atoms with Gasteiger partial charge in [-0.15, -0.1) is 0 Å². The average molecular weight is 278 g/mol. The van der Waals surface area contributed by atoms with Gasteiger partial charge in [-0.3, -0.25) is 11.3 Å². The Morgan fingerprint density at radius 2 is 2.00 bits per heavy atom. The molecule has 2 aromatic carbocycles. The van der Waals surface area contributed by atoms with Gasteiger partial charge in [0.1, 0.15) is 17.4 Å². The number of nitrogens with two attached hydrogens (primary N) is 1. The van der Waals surface area contributed by atoms with Gasteiger partial charge < -0.3 is 4.74 Å². The summed E-state index contributed by atoms with van der Waals surface area (Å²) in [6.45, 7) is 0. The molecule has 0 aliphatic rings. The molecule has 3 N–H and O–H groups in total. The molecule has 0 radical (unpaired) electrons. The molecule has 1 atom stereocenters. The third-order valence-corrected chi connectivity index (χ3v) is 3.13. The van der Waals surface area contributed by atoms with E-state index in [4.69, 9.17) is 10.6 Å². The first-order valence-electron chi connectivity index (χ1n) is 6.18. The van der Waals surface area contributed by atoms with Crippen LogP contribution >= 0.6 is 0 Å². The predicted molar refractivity (Wildman–Crippen MR) is 73.1 cm³/mol. The zero-order valence-electron chi connectivity index (χ0n) is 11.1. The van der Waals surface area contributed by atoms with Crippen molar-refractivity contribution in [1.82, 2.24) is 5.43 Å². The summed E-state index contributed by atoms with van der Waals surface area (Å²) in [5.41, 5.74) is 3.74. The van der Waals surface area contributed by atoms with E-state index in [1.54, 1.807) is 13.2 Å². The topological polar surface area (TPSA) is 47.3 Å². The monoisotopic (exact) mass is 278 g/mol. The summed E-state index contributed by atoms with van der Waals surface area (Å²) in [7, 11) is 1.57. The number of hydrazine groups is 1. The molecule has 2 rings (SSSR count). The molecular formula is C15H16F2N2O. The predicted octanol–water partition coefficient (Wildman–Crippen LogP) is 2.72. The van der Waals surface area contributed by atoms with E-state index in [-0.39, 0.29) is 18.0 Å². The molecule has 0 fully saturated rings. The molecule has 2 aromatic rings. The van der Waals surface area contributed by atoms with Crippen molar-refractivity contribution < 1.29 is 13.5 Å². The average Bonchev–Trinajstić information content (AvgIpc) is 2.48. The van der Waals surface area contributed by atoms with Crippen molar-refractivity contribution in [3.05, 3.63) is 65.2 Å². The largest absolute Gasteiger partial charge is 0.497 e. The number of methoxy groups -OCH3 is 1. The van der Waals surface area contributed by atoms with Crippen molar-refractivity contribution in [1.29, 1.82) is 0 Å². The maximum atomic E-state index is 13.7. The van der Waals surface area contributed by atoms with E-state index in [0.29, 0.717) is 5.75 Å². The SMILES string of the molecule is COc1cccc(C(Cc2cc(F)ccc2F)NN)c1. The molecule has 0 amide bonds. The molecule has 5 heteroatoms. The second-order valence-corrected chi connectivity index (χ2v) is 4.44. The Hall–Kier alpha value is -1.98. The van der Waals surface area contributed by atoms with Crippen LogP contribution in [0.15, 0.2) is 42.5 Å². The standard InChI is InChI=1S/C15H16F2N2O/c1-20-13-4-2-3-10(8-13)15(19-18)9-11-7-12(16)5-6-14(11)17/h2-8,15,19H,9,18H2,1H3. The van der Waals surface area contributed by atoms with Crippen LogP contribution in [-0.4, -0.2) is 7.11 Å². The van der Waals surface area contributed by atoms with Gasteiger partial charge in [0.2, 0.25) is 0 Å². The number of ether oxygens (including phenoxy) is 1. The number of benzene rings is 2. The van der Waals surface area contributed by atoms with Crippen LogP contribution in [0.25, 0.3) is 0 Å². The molecule has 0 spiro atoms. The fourth-order valence-corrected chi connectivity index (χ4v) is 2.05. The molecule has 0 aliphatic heterocycles. The minimum atomic E-state index is -0.470. The summed E-state index contributed by atoms with van der Waals surface area (Å²) in [6.07, 6.45) is 0.243. The Balaban J connectivity index is 2.26. The van der Waals surface area contributed by atoms with E-state index in [1.165, 1.54) is 6.07 Å². The van der Waals surface area contributed by atoms with Crippen LogP contribution in [0.3, 0.4) is 0 Å². The second kappa shape index (κ2) is 6.45. The first kappa shape index (κ1) is 14.4. The molecular weight excluding hydrogens is 262 g/mol. The molecule has 106 valence electrons. The molecule has 0 bridgehead atoms. The van der Waals surface area contributed by atoms with Crippen LogP contribution in [0.1, 0.15) is 17.2 Å². The third kappa shape index (κ3) is 3.31. The highest BCUT2D eigenvalue weighted by atomic mass is 19.1. The first-order chi connectivity index (χ1) is 9.63. The summed E-state index contributed by atoms with van der Waals surface area (Å²) in [6, 6.07) is 10.3. The van der Waals surface area contributed by atoms with E-state index < -0.39 is 11.6 Å². The number of halogens is 2. The lowest BCUT2D eigenvalue weighted by Crippen LogP contribution is -2.29. The van der Waals surface area contributed by atoms with Gasteiger partial charge >= 0.3 is 0 Å². The van der Waals surface area contributed by atoms with Gasteiger partial charge in [-0.1, -0.05) is 12.1 Å². The van der Waals surface area contributed by atoms with Gasteiger partial charge in [0.25, 0.3) is 0 Å². The molecule has 0 aliphatic carbocycles. The van der Waals surface area contributed by atoms with Crippen molar-refractivity contribution >= 4 is 0 Å². The molecule has 0 heterocycles. The maximum Gasteiger partial charge on any atom is 0.126 e. The summed E-state index contributed by atoms with van der Waals surface area (Å²) in [5.74, 6) is 5.29. The van der Waals surface area contributed by atoms with E-state index in [2.05, 4.69) is 5.43 Å². The van der Waals surface area contributed by atoms with E-state index >= 15 is 0 Å². The van der Waals surface area contributed by atoms with Gasteiger partial charge in [-0.25, -0.2) is 8.78 Å². The van der Waals surface area contributed by atoms with Crippen LogP contribution in [0, 0.1) is 11.6 Å². The highest BCUT2D eigenvalue weighted by Crippen LogP contribution is 2.23. The van der Waals surface area contributed by atoms with Gasteiger partial charge in [-0.2, -0.15) is 0 Å². The Morgan fingerprint density at radius 3 is 2.70 bits per heavy atom. The van der Waals surface area contributed by atoms with E-state index in [0.717, 1.165) is 17.7 Å². The Bertz CT molecular complexity index is 590. The Morgan fingerprint density at radius 1 is 1.20 bits per heavy atom. The fourth-order valence-electron chi connectivity index (χ4n) is 2.05. The van der Waals surface area contributed by atoms with Gasteiger partial charge in [0, 0.05) is 0 Å². The summed E-state index contributed by atoms with van der Waals surface area (Å²) in [5, 5.41) is 0. The minimum Gasteiger partial charge on any atom is -0.497 e. The fraction of sp³-hybridized carbons (Fsp3) is 0.200. The minimum absolute atomic E-state index is 0.243. The normalized spacial score (nSPS) is 12.2. The van der Waals surface area contributed by atoms with Crippen molar-refractivity contribution in [3.8, 4) is 5.75 Å². The molecule has 0 saturated heterocycles. The van der Waals surface area contributed by atoms with Crippen LogP contribution in [0.4, 0.5) is 8.78 Å². The van der Waals surface area contributed by atoms with Crippen LogP contribution in [0.5, 0.6) is 5.75 Å². The smallest absolute Gasteiger partial charge is 0.126 e. The number of hydrogen-bond donors (Lipinski definition) is 2. The highest BCUT2D eigenvalue weighted by Gasteiger charge is 2.14. The zero-order valence-corrected chi connectivity index (χ0v) is 11.1.